The fourth-order valence-electron chi connectivity index (χ4n) is 2.52. The third kappa shape index (κ3) is 5.09. The van der Waals surface area contributed by atoms with Crippen LogP contribution >= 0.6 is 0 Å². The van der Waals surface area contributed by atoms with Gasteiger partial charge in [-0.25, -0.2) is 13.1 Å². The van der Waals surface area contributed by atoms with Crippen molar-refractivity contribution >= 4 is 10.0 Å². The average Bonchev–Trinajstić information content (AvgIpc) is 2.46. The van der Waals surface area contributed by atoms with E-state index in [2.05, 4.69) is 23.9 Å². The molecule has 1 aliphatic rings. The molecule has 2 rings (SSSR count). The Bertz CT molecular complexity index is 532. The summed E-state index contributed by atoms with van der Waals surface area (Å²) in [6.45, 7) is 6.15. The van der Waals surface area contributed by atoms with E-state index >= 15 is 0 Å². The summed E-state index contributed by atoms with van der Waals surface area (Å²) in [6.07, 6.45) is 3.83. The Morgan fingerprint density at radius 1 is 1.19 bits per heavy atom. The van der Waals surface area contributed by atoms with Gasteiger partial charge in [0.1, 0.15) is 0 Å². The first-order valence-corrected chi connectivity index (χ1v) is 9.27. The summed E-state index contributed by atoms with van der Waals surface area (Å²) in [5.41, 5.74) is 1.20. The molecule has 0 spiro atoms. The summed E-state index contributed by atoms with van der Waals surface area (Å²) in [5, 5.41) is 3.24. The molecule has 4 nitrogen and oxygen atoms in total. The Hall–Kier alpha value is -0.910. The van der Waals surface area contributed by atoms with Crippen LogP contribution in [0.25, 0.3) is 0 Å². The van der Waals surface area contributed by atoms with E-state index in [0.29, 0.717) is 10.8 Å². The summed E-state index contributed by atoms with van der Waals surface area (Å²) in [7, 11) is -3.39. The zero-order valence-corrected chi connectivity index (χ0v) is 13.7. The molecule has 1 aliphatic heterocycles. The maximum atomic E-state index is 12.3. The van der Waals surface area contributed by atoms with Crippen LogP contribution < -0.4 is 10.0 Å². The van der Waals surface area contributed by atoms with E-state index < -0.39 is 10.0 Å². The fourth-order valence-corrected chi connectivity index (χ4v) is 3.82. The first kappa shape index (κ1) is 16.5. The predicted molar refractivity (Wildman–Crippen MR) is 85.8 cm³/mol. The molecule has 5 heteroatoms. The third-order valence-corrected chi connectivity index (χ3v) is 5.44. The molecule has 1 saturated heterocycles. The van der Waals surface area contributed by atoms with Crippen LogP contribution in [0.2, 0.25) is 0 Å². The molecule has 2 N–H and O–H groups in total. The number of rotatable bonds is 6. The number of benzene rings is 1. The number of piperidine rings is 1. The van der Waals surface area contributed by atoms with Gasteiger partial charge in [-0.1, -0.05) is 26.0 Å². The molecule has 0 aromatic heterocycles. The molecule has 0 amide bonds. The summed E-state index contributed by atoms with van der Waals surface area (Å²) in [4.78, 5) is 0.370. The standard InChI is InChI=1S/C16H26N2O2S/c1-13(2)3-4-14-5-7-16(8-6-14)21(19,20)18-15-9-11-17-12-10-15/h5-8,13,15,17-18H,3-4,9-12H2,1-2H3. The Morgan fingerprint density at radius 3 is 2.38 bits per heavy atom. The molecule has 118 valence electrons. The lowest BCUT2D eigenvalue weighted by Gasteiger charge is -2.23. The van der Waals surface area contributed by atoms with Crippen LogP contribution in [-0.4, -0.2) is 27.5 Å². The SMILES string of the molecule is CC(C)CCc1ccc(S(=O)(=O)NC2CCNCC2)cc1. The van der Waals surface area contributed by atoms with Gasteiger partial charge in [0.05, 0.1) is 4.90 Å². The van der Waals surface area contributed by atoms with E-state index in [9.17, 15) is 8.42 Å². The second-order valence-corrected chi connectivity index (χ2v) is 7.94. The lowest BCUT2D eigenvalue weighted by molar-refractivity contribution is 0.427. The highest BCUT2D eigenvalue weighted by molar-refractivity contribution is 7.89. The number of sulfonamides is 1. The second-order valence-electron chi connectivity index (χ2n) is 6.22. The molecule has 0 saturated carbocycles. The molecule has 0 bridgehead atoms. The molecule has 0 radical (unpaired) electrons. The first-order valence-electron chi connectivity index (χ1n) is 7.79. The third-order valence-electron chi connectivity index (χ3n) is 3.90. The Kier molecular flexibility index (Phi) is 5.79. The Balaban J connectivity index is 1.99. The van der Waals surface area contributed by atoms with Crippen LogP contribution in [0.1, 0.15) is 38.7 Å². The van der Waals surface area contributed by atoms with Crippen molar-refractivity contribution in [3.8, 4) is 0 Å². The summed E-state index contributed by atoms with van der Waals surface area (Å²) < 4.78 is 27.5. The minimum Gasteiger partial charge on any atom is -0.317 e. The molecule has 0 unspecified atom stereocenters. The van der Waals surface area contributed by atoms with Crippen LogP contribution in [0, 0.1) is 5.92 Å². The fraction of sp³-hybridized carbons (Fsp3) is 0.625. The van der Waals surface area contributed by atoms with Crippen molar-refractivity contribution in [2.24, 2.45) is 5.92 Å². The lowest BCUT2D eigenvalue weighted by atomic mass is 10.0. The van der Waals surface area contributed by atoms with E-state index in [0.717, 1.165) is 38.8 Å². The van der Waals surface area contributed by atoms with Crippen molar-refractivity contribution in [3.63, 3.8) is 0 Å². The van der Waals surface area contributed by atoms with Crippen LogP contribution in [0.15, 0.2) is 29.2 Å². The molecule has 0 aliphatic carbocycles. The van der Waals surface area contributed by atoms with Gasteiger partial charge in [0.25, 0.3) is 0 Å². The Morgan fingerprint density at radius 2 is 1.81 bits per heavy atom. The monoisotopic (exact) mass is 310 g/mol. The molecule has 1 fully saturated rings. The lowest BCUT2D eigenvalue weighted by Crippen LogP contribution is -2.42. The predicted octanol–water partition coefficient (Wildman–Crippen LogP) is 2.31. The molecule has 1 heterocycles. The van der Waals surface area contributed by atoms with Crippen LogP contribution in [0.5, 0.6) is 0 Å². The topological polar surface area (TPSA) is 58.2 Å². The van der Waals surface area contributed by atoms with Crippen molar-refractivity contribution in [2.45, 2.75) is 50.5 Å². The van der Waals surface area contributed by atoms with E-state index in [-0.39, 0.29) is 6.04 Å². The van der Waals surface area contributed by atoms with Gasteiger partial charge in [0, 0.05) is 6.04 Å². The highest BCUT2D eigenvalue weighted by Crippen LogP contribution is 2.15. The van der Waals surface area contributed by atoms with Gasteiger partial charge >= 0.3 is 0 Å². The summed E-state index contributed by atoms with van der Waals surface area (Å²) in [6, 6.07) is 7.36. The largest absolute Gasteiger partial charge is 0.317 e. The van der Waals surface area contributed by atoms with Crippen molar-refractivity contribution in [3.05, 3.63) is 29.8 Å². The van der Waals surface area contributed by atoms with Crippen molar-refractivity contribution in [2.75, 3.05) is 13.1 Å². The van der Waals surface area contributed by atoms with Crippen LogP contribution in [0.4, 0.5) is 0 Å². The summed E-state index contributed by atoms with van der Waals surface area (Å²) >= 11 is 0. The number of aryl methyl sites for hydroxylation is 1. The van der Waals surface area contributed by atoms with E-state index in [1.807, 2.05) is 12.1 Å². The highest BCUT2D eigenvalue weighted by Gasteiger charge is 2.21. The zero-order chi connectivity index (χ0) is 15.3. The minimum atomic E-state index is -3.39. The molecular formula is C16H26N2O2S. The highest BCUT2D eigenvalue weighted by atomic mass is 32.2. The van der Waals surface area contributed by atoms with Crippen LogP contribution in [-0.2, 0) is 16.4 Å². The van der Waals surface area contributed by atoms with E-state index in [1.165, 1.54) is 5.56 Å². The molecule has 1 aromatic rings. The molecule has 1 aromatic carbocycles. The van der Waals surface area contributed by atoms with Gasteiger partial charge in [-0.15, -0.1) is 0 Å². The van der Waals surface area contributed by atoms with Crippen molar-refractivity contribution in [1.29, 1.82) is 0 Å². The van der Waals surface area contributed by atoms with Gasteiger partial charge in [-0.2, -0.15) is 0 Å². The van der Waals surface area contributed by atoms with E-state index in [1.54, 1.807) is 12.1 Å². The van der Waals surface area contributed by atoms with Gasteiger partial charge in [-0.3, -0.25) is 0 Å². The molecular weight excluding hydrogens is 284 g/mol. The zero-order valence-electron chi connectivity index (χ0n) is 12.9. The quantitative estimate of drug-likeness (QED) is 0.847. The number of nitrogens with one attached hydrogen (secondary N) is 2. The van der Waals surface area contributed by atoms with Crippen LogP contribution in [0.3, 0.4) is 0 Å². The maximum Gasteiger partial charge on any atom is 0.240 e. The van der Waals surface area contributed by atoms with Gasteiger partial charge in [-0.05, 0) is 62.4 Å². The summed E-state index contributed by atoms with van der Waals surface area (Å²) in [5.74, 6) is 0.662. The van der Waals surface area contributed by atoms with Crippen molar-refractivity contribution < 1.29 is 8.42 Å². The molecule has 21 heavy (non-hydrogen) atoms. The number of hydrogen-bond donors (Lipinski definition) is 2. The normalized spacial score (nSPS) is 17.3. The smallest absolute Gasteiger partial charge is 0.240 e. The first-order chi connectivity index (χ1) is 9.97. The average molecular weight is 310 g/mol. The van der Waals surface area contributed by atoms with Gasteiger partial charge in [0.15, 0.2) is 0 Å². The Labute approximate surface area is 128 Å². The van der Waals surface area contributed by atoms with Gasteiger partial charge < -0.3 is 5.32 Å². The van der Waals surface area contributed by atoms with E-state index in [4.69, 9.17) is 0 Å². The molecule has 0 atom stereocenters. The number of hydrogen-bond acceptors (Lipinski definition) is 3. The maximum absolute atomic E-state index is 12.3. The van der Waals surface area contributed by atoms with Crippen molar-refractivity contribution in [1.82, 2.24) is 10.0 Å². The minimum absolute atomic E-state index is 0.0527. The second kappa shape index (κ2) is 7.38. The van der Waals surface area contributed by atoms with Gasteiger partial charge in [0.2, 0.25) is 10.0 Å².